The van der Waals surface area contributed by atoms with Crippen LogP contribution >= 0.6 is 0 Å². The molecule has 3 unspecified atom stereocenters. The molecule has 3 heteroatoms. The molecule has 0 aromatic rings. The minimum atomic E-state index is 0.0491. The molecule has 2 fully saturated rings. The van der Waals surface area contributed by atoms with Gasteiger partial charge in [0, 0.05) is 6.04 Å². The molecule has 2 aliphatic rings. The van der Waals surface area contributed by atoms with Crippen molar-refractivity contribution in [2.75, 3.05) is 0 Å². The van der Waals surface area contributed by atoms with Gasteiger partial charge >= 0.3 is 0 Å². The molecule has 0 spiro atoms. The van der Waals surface area contributed by atoms with Crippen molar-refractivity contribution in [3.8, 4) is 0 Å². The number of hydrogen-bond donors (Lipinski definition) is 1. The van der Waals surface area contributed by atoms with Gasteiger partial charge in [-0.1, -0.05) is 34.1 Å². The Balaban J connectivity index is 2.13. The molecule has 1 saturated heterocycles. The van der Waals surface area contributed by atoms with Gasteiger partial charge in [-0.15, -0.1) is 0 Å². The van der Waals surface area contributed by atoms with E-state index in [4.69, 9.17) is 0 Å². The molecule has 3 nitrogen and oxygen atoms in total. The molecule has 1 N–H and O–H groups in total. The SMILES string of the molecule is CCC(C)C1NC(C(C)C)N(C2CCC2)C1=O. The maximum absolute atomic E-state index is 12.5. The normalized spacial score (nSPS) is 32.1. The first-order valence-electron chi connectivity index (χ1n) is 7.14. The molecule has 3 atom stereocenters. The quantitative estimate of drug-likeness (QED) is 0.815. The lowest BCUT2D eigenvalue weighted by atomic mass is 9.90. The highest BCUT2D eigenvalue weighted by molar-refractivity contribution is 5.85. The van der Waals surface area contributed by atoms with E-state index in [1.54, 1.807) is 0 Å². The zero-order chi connectivity index (χ0) is 12.6. The molecule has 1 heterocycles. The summed E-state index contributed by atoms with van der Waals surface area (Å²) in [6.45, 7) is 8.75. The first-order valence-corrected chi connectivity index (χ1v) is 7.14. The lowest BCUT2D eigenvalue weighted by molar-refractivity contribution is -0.135. The predicted octanol–water partition coefficient (Wildman–Crippen LogP) is 2.37. The second kappa shape index (κ2) is 4.97. The van der Waals surface area contributed by atoms with E-state index in [0.29, 0.717) is 23.8 Å². The zero-order valence-corrected chi connectivity index (χ0v) is 11.6. The minimum absolute atomic E-state index is 0.0491. The maximum atomic E-state index is 12.5. The van der Waals surface area contributed by atoms with E-state index in [0.717, 1.165) is 6.42 Å². The maximum Gasteiger partial charge on any atom is 0.241 e. The summed E-state index contributed by atoms with van der Waals surface area (Å²) in [6.07, 6.45) is 5.00. The Morgan fingerprint density at radius 2 is 2.00 bits per heavy atom. The fourth-order valence-electron chi connectivity index (χ4n) is 2.86. The molecule has 0 aromatic heterocycles. The Bertz CT molecular complexity index is 286. The largest absolute Gasteiger partial charge is 0.323 e. The Labute approximate surface area is 105 Å². The third kappa shape index (κ3) is 2.22. The van der Waals surface area contributed by atoms with Gasteiger partial charge in [0.25, 0.3) is 0 Å². The molecule has 98 valence electrons. The summed E-state index contributed by atoms with van der Waals surface area (Å²) in [5.41, 5.74) is 0. The smallest absolute Gasteiger partial charge is 0.241 e. The lowest BCUT2D eigenvalue weighted by Crippen LogP contribution is -2.50. The van der Waals surface area contributed by atoms with Crippen molar-refractivity contribution in [2.24, 2.45) is 11.8 Å². The summed E-state index contributed by atoms with van der Waals surface area (Å²) >= 11 is 0. The highest BCUT2D eigenvalue weighted by Crippen LogP contribution is 2.33. The molecule has 1 aliphatic carbocycles. The number of nitrogens with zero attached hydrogens (tertiary/aromatic N) is 1. The van der Waals surface area contributed by atoms with Gasteiger partial charge < -0.3 is 4.90 Å². The second-order valence-corrected chi connectivity index (χ2v) is 6.05. The molecule has 0 radical (unpaired) electrons. The van der Waals surface area contributed by atoms with Crippen LogP contribution in [0.15, 0.2) is 0 Å². The topological polar surface area (TPSA) is 32.3 Å². The van der Waals surface area contributed by atoms with Crippen molar-refractivity contribution >= 4 is 5.91 Å². The number of rotatable bonds is 4. The lowest BCUT2D eigenvalue weighted by Gasteiger charge is -2.39. The van der Waals surface area contributed by atoms with E-state index in [1.807, 2.05) is 0 Å². The summed E-state index contributed by atoms with van der Waals surface area (Å²) in [5.74, 6) is 1.28. The molecule has 17 heavy (non-hydrogen) atoms. The summed E-state index contributed by atoms with van der Waals surface area (Å²) < 4.78 is 0. The minimum Gasteiger partial charge on any atom is -0.323 e. The number of carbonyl (C=O) groups excluding carboxylic acids is 1. The van der Waals surface area contributed by atoms with Crippen LogP contribution in [0.1, 0.15) is 53.4 Å². The van der Waals surface area contributed by atoms with Crippen LogP contribution < -0.4 is 5.32 Å². The summed E-state index contributed by atoms with van der Waals surface area (Å²) in [4.78, 5) is 14.7. The van der Waals surface area contributed by atoms with Crippen LogP contribution in [0.25, 0.3) is 0 Å². The average molecular weight is 238 g/mol. The van der Waals surface area contributed by atoms with Crippen LogP contribution in [0.3, 0.4) is 0 Å². The standard InChI is InChI=1S/C14H26N2O/c1-5-10(4)12-14(17)16(11-7-6-8-11)13(15-12)9(2)3/h9-13,15H,5-8H2,1-4H3. The van der Waals surface area contributed by atoms with Crippen LogP contribution in [0.4, 0.5) is 0 Å². The summed E-state index contributed by atoms with van der Waals surface area (Å²) in [7, 11) is 0. The van der Waals surface area contributed by atoms with Crippen molar-refractivity contribution in [1.82, 2.24) is 10.2 Å². The van der Waals surface area contributed by atoms with Crippen molar-refractivity contribution in [3.05, 3.63) is 0 Å². The molecular weight excluding hydrogens is 212 g/mol. The molecule has 0 aromatic carbocycles. The van der Waals surface area contributed by atoms with Crippen molar-refractivity contribution in [3.63, 3.8) is 0 Å². The van der Waals surface area contributed by atoms with Gasteiger partial charge in [0.05, 0.1) is 12.2 Å². The molecule has 1 amide bonds. The number of amides is 1. The summed E-state index contributed by atoms with van der Waals surface area (Å²) in [6, 6.07) is 0.560. The molecular formula is C14H26N2O. The average Bonchev–Trinajstić information content (AvgIpc) is 2.54. The number of hydrogen-bond acceptors (Lipinski definition) is 2. The molecule has 2 rings (SSSR count). The van der Waals surface area contributed by atoms with Gasteiger partial charge in [-0.2, -0.15) is 0 Å². The van der Waals surface area contributed by atoms with Gasteiger partial charge in [0.1, 0.15) is 0 Å². The van der Waals surface area contributed by atoms with Gasteiger partial charge in [-0.05, 0) is 31.1 Å². The highest BCUT2D eigenvalue weighted by atomic mass is 16.2. The van der Waals surface area contributed by atoms with E-state index >= 15 is 0 Å². The van der Waals surface area contributed by atoms with Gasteiger partial charge in [-0.3, -0.25) is 10.1 Å². The van der Waals surface area contributed by atoms with Crippen LogP contribution in [0.2, 0.25) is 0 Å². The fraction of sp³-hybridized carbons (Fsp3) is 0.929. The van der Waals surface area contributed by atoms with E-state index in [2.05, 4.69) is 37.9 Å². The molecule has 1 saturated carbocycles. The van der Waals surface area contributed by atoms with Crippen molar-refractivity contribution in [2.45, 2.75) is 71.6 Å². The summed E-state index contributed by atoms with van der Waals surface area (Å²) in [5, 5.41) is 3.57. The zero-order valence-electron chi connectivity index (χ0n) is 11.6. The molecule has 1 aliphatic heterocycles. The van der Waals surface area contributed by atoms with E-state index in [9.17, 15) is 4.79 Å². The predicted molar refractivity (Wildman–Crippen MR) is 69.5 cm³/mol. The Morgan fingerprint density at radius 1 is 1.35 bits per heavy atom. The van der Waals surface area contributed by atoms with E-state index in [-0.39, 0.29) is 12.2 Å². The molecule has 0 bridgehead atoms. The van der Waals surface area contributed by atoms with Crippen molar-refractivity contribution in [1.29, 1.82) is 0 Å². The first-order chi connectivity index (χ1) is 8.06. The van der Waals surface area contributed by atoms with Crippen LogP contribution in [-0.4, -0.2) is 29.1 Å². The van der Waals surface area contributed by atoms with Crippen LogP contribution in [0.5, 0.6) is 0 Å². The van der Waals surface area contributed by atoms with Crippen molar-refractivity contribution < 1.29 is 4.79 Å². The Kier molecular flexibility index (Phi) is 3.76. The monoisotopic (exact) mass is 238 g/mol. The number of carbonyl (C=O) groups is 1. The Morgan fingerprint density at radius 3 is 2.41 bits per heavy atom. The van der Waals surface area contributed by atoms with Gasteiger partial charge in [-0.25, -0.2) is 0 Å². The third-order valence-corrected chi connectivity index (χ3v) is 4.48. The van der Waals surface area contributed by atoms with E-state index in [1.165, 1.54) is 19.3 Å². The fourth-order valence-corrected chi connectivity index (χ4v) is 2.86. The Hall–Kier alpha value is -0.570. The number of nitrogens with one attached hydrogen (secondary N) is 1. The van der Waals surface area contributed by atoms with Crippen LogP contribution in [-0.2, 0) is 4.79 Å². The van der Waals surface area contributed by atoms with E-state index < -0.39 is 0 Å². The van der Waals surface area contributed by atoms with Gasteiger partial charge in [0.2, 0.25) is 5.91 Å². The third-order valence-electron chi connectivity index (χ3n) is 4.48. The first kappa shape index (κ1) is 12.9. The van der Waals surface area contributed by atoms with Gasteiger partial charge in [0.15, 0.2) is 0 Å². The second-order valence-electron chi connectivity index (χ2n) is 6.05. The highest BCUT2D eigenvalue weighted by Gasteiger charge is 2.46. The van der Waals surface area contributed by atoms with Crippen LogP contribution in [0, 0.1) is 11.8 Å².